The number of para-hydroxylation sites is 1. The fourth-order valence-corrected chi connectivity index (χ4v) is 6.97. The molecule has 0 saturated heterocycles. The number of hydrogen-bond acceptors (Lipinski definition) is 3. The lowest BCUT2D eigenvalue weighted by molar-refractivity contribution is 0.594. The van der Waals surface area contributed by atoms with Crippen LogP contribution in [0.1, 0.15) is 12.7 Å². The van der Waals surface area contributed by atoms with Gasteiger partial charge in [0.25, 0.3) is 0 Å². The normalized spacial score (nSPS) is 13.7. The molecule has 0 unspecified atom stereocenters. The third-order valence-corrected chi connectivity index (χ3v) is 8.90. The van der Waals surface area contributed by atoms with Crippen molar-refractivity contribution >= 4 is 31.6 Å². The van der Waals surface area contributed by atoms with E-state index in [0.717, 1.165) is 27.7 Å². The van der Waals surface area contributed by atoms with Crippen molar-refractivity contribution in [1.82, 2.24) is 9.55 Å². The molecule has 0 N–H and O–H groups in total. The third kappa shape index (κ3) is 2.99. The average Bonchev–Trinajstić information content (AvgIpc) is 3.31. The van der Waals surface area contributed by atoms with Crippen molar-refractivity contribution in [2.75, 3.05) is 0 Å². The Labute approximate surface area is 209 Å². The summed E-state index contributed by atoms with van der Waals surface area (Å²) in [5, 5.41) is 2.26. The predicted octanol–water partition coefficient (Wildman–Crippen LogP) is 7.22. The lowest BCUT2D eigenvalue weighted by atomic mass is 9.97. The molecule has 6 aromatic rings. The molecule has 7 rings (SSSR count). The molecular weight excluding hydrogens is 464 g/mol. The standard InChI is InChI=1S/C31H22N2O2S/c1-2-30-32-26-9-6-10-28-31(26)33(30)27-16-15-25(19-29(27)36(28,34)35)24-14-13-22-17-21(11-12-23(22)18-24)20-7-4-3-5-8-20/h3-19H,2H2,1H3. The van der Waals surface area contributed by atoms with Crippen LogP contribution in [-0.4, -0.2) is 18.0 Å². The van der Waals surface area contributed by atoms with E-state index in [1.165, 1.54) is 11.1 Å². The zero-order valence-electron chi connectivity index (χ0n) is 19.6. The molecule has 36 heavy (non-hydrogen) atoms. The molecule has 0 fully saturated rings. The van der Waals surface area contributed by atoms with E-state index in [1.54, 1.807) is 12.1 Å². The van der Waals surface area contributed by atoms with Gasteiger partial charge in [0, 0.05) is 6.42 Å². The number of sulfone groups is 1. The second kappa shape index (κ2) is 7.64. The van der Waals surface area contributed by atoms with Gasteiger partial charge < -0.3 is 0 Å². The molecule has 2 heterocycles. The smallest absolute Gasteiger partial charge is 0.210 e. The minimum atomic E-state index is -3.67. The largest absolute Gasteiger partial charge is 0.294 e. The molecule has 5 aromatic carbocycles. The van der Waals surface area contributed by atoms with Crippen LogP contribution in [0.3, 0.4) is 0 Å². The number of rotatable bonds is 3. The first kappa shape index (κ1) is 21.1. The summed E-state index contributed by atoms with van der Waals surface area (Å²) in [5.74, 6) is 0.862. The topological polar surface area (TPSA) is 52.0 Å². The third-order valence-electron chi connectivity index (χ3n) is 7.09. The number of aryl methyl sites for hydroxylation is 1. The van der Waals surface area contributed by atoms with E-state index in [9.17, 15) is 8.42 Å². The molecule has 0 spiro atoms. The number of nitrogens with zero attached hydrogens (tertiary/aromatic N) is 2. The van der Waals surface area contributed by atoms with Gasteiger partial charge in [-0.3, -0.25) is 4.57 Å². The SMILES string of the molecule is CCc1nc2cccc3c2n1-c1ccc(-c2ccc4cc(-c5ccccc5)ccc4c2)cc1S3(=O)=O. The number of fused-ring (bicyclic) bond motifs is 3. The van der Waals surface area contributed by atoms with Crippen LogP contribution in [0.2, 0.25) is 0 Å². The second-order valence-corrected chi connectivity index (χ2v) is 11.1. The molecule has 174 valence electrons. The molecule has 1 aliphatic heterocycles. The van der Waals surface area contributed by atoms with Gasteiger partial charge in [-0.15, -0.1) is 0 Å². The van der Waals surface area contributed by atoms with Gasteiger partial charge in [-0.25, -0.2) is 13.4 Å². The van der Waals surface area contributed by atoms with Crippen LogP contribution in [0.5, 0.6) is 0 Å². The zero-order chi connectivity index (χ0) is 24.4. The summed E-state index contributed by atoms with van der Waals surface area (Å²) in [7, 11) is -3.67. The average molecular weight is 487 g/mol. The maximum atomic E-state index is 13.7. The molecular formula is C31H22N2O2S. The highest BCUT2D eigenvalue weighted by molar-refractivity contribution is 7.92. The molecule has 0 saturated carbocycles. The highest BCUT2D eigenvalue weighted by Crippen LogP contribution is 2.41. The van der Waals surface area contributed by atoms with Gasteiger partial charge in [-0.1, -0.05) is 73.7 Å². The fraction of sp³-hybridized carbons (Fsp3) is 0.0645. The number of aromatic nitrogens is 2. The molecule has 0 radical (unpaired) electrons. The van der Waals surface area contributed by atoms with Gasteiger partial charge in [0.05, 0.1) is 26.5 Å². The van der Waals surface area contributed by atoms with Gasteiger partial charge in [0.2, 0.25) is 9.84 Å². The maximum Gasteiger partial charge on any atom is 0.210 e. The molecule has 4 nitrogen and oxygen atoms in total. The summed E-state index contributed by atoms with van der Waals surface area (Å²) < 4.78 is 29.4. The Bertz CT molecular complexity index is 1940. The van der Waals surface area contributed by atoms with Crippen LogP contribution in [0, 0.1) is 0 Å². The Kier molecular flexibility index (Phi) is 4.48. The predicted molar refractivity (Wildman–Crippen MR) is 144 cm³/mol. The molecule has 0 bridgehead atoms. The van der Waals surface area contributed by atoms with Crippen LogP contribution in [0.15, 0.2) is 113 Å². The van der Waals surface area contributed by atoms with E-state index in [-0.39, 0.29) is 0 Å². The Morgan fingerprint density at radius 1 is 0.667 bits per heavy atom. The van der Waals surface area contributed by atoms with Crippen molar-refractivity contribution in [2.24, 2.45) is 0 Å². The van der Waals surface area contributed by atoms with E-state index in [0.29, 0.717) is 32.9 Å². The van der Waals surface area contributed by atoms with Crippen LogP contribution in [0.4, 0.5) is 0 Å². The molecule has 5 heteroatoms. The Balaban J connectivity index is 1.38. The van der Waals surface area contributed by atoms with E-state index in [2.05, 4.69) is 48.5 Å². The van der Waals surface area contributed by atoms with Crippen LogP contribution in [-0.2, 0) is 16.3 Å². The van der Waals surface area contributed by atoms with Crippen molar-refractivity contribution in [3.05, 3.63) is 109 Å². The molecule has 0 amide bonds. The zero-order valence-corrected chi connectivity index (χ0v) is 20.5. The van der Waals surface area contributed by atoms with Gasteiger partial charge in [-0.05, 0) is 69.4 Å². The van der Waals surface area contributed by atoms with Gasteiger partial charge in [-0.2, -0.15) is 0 Å². The lowest BCUT2D eigenvalue weighted by Gasteiger charge is -2.21. The van der Waals surface area contributed by atoms with Crippen LogP contribution in [0.25, 0.3) is 49.7 Å². The summed E-state index contributed by atoms with van der Waals surface area (Å²) in [4.78, 5) is 5.36. The van der Waals surface area contributed by atoms with Gasteiger partial charge >= 0.3 is 0 Å². The Morgan fingerprint density at radius 2 is 1.33 bits per heavy atom. The van der Waals surface area contributed by atoms with Crippen molar-refractivity contribution in [3.8, 4) is 27.9 Å². The van der Waals surface area contributed by atoms with Crippen molar-refractivity contribution < 1.29 is 8.42 Å². The fourth-order valence-electron chi connectivity index (χ4n) is 5.30. The monoisotopic (exact) mass is 486 g/mol. The van der Waals surface area contributed by atoms with Crippen molar-refractivity contribution in [3.63, 3.8) is 0 Å². The number of hydrogen-bond donors (Lipinski definition) is 0. The lowest BCUT2D eigenvalue weighted by Crippen LogP contribution is -2.16. The van der Waals surface area contributed by atoms with Gasteiger partial charge in [0.15, 0.2) is 0 Å². The summed E-state index contributed by atoms with van der Waals surface area (Å²) in [5.41, 5.74) is 6.28. The summed E-state index contributed by atoms with van der Waals surface area (Å²) in [6.45, 7) is 2.04. The van der Waals surface area contributed by atoms with E-state index < -0.39 is 9.84 Å². The van der Waals surface area contributed by atoms with E-state index in [1.807, 2.05) is 54.0 Å². The minimum absolute atomic E-state index is 0.323. The Morgan fingerprint density at radius 3 is 2.06 bits per heavy atom. The molecule has 1 aromatic heterocycles. The van der Waals surface area contributed by atoms with Crippen molar-refractivity contribution in [1.29, 1.82) is 0 Å². The van der Waals surface area contributed by atoms with E-state index in [4.69, 9.17) is 4.98 Å². The quantitative estimate of drug-likeness (QED) is 0.265. The summed E-state index contributed by atoms with van der Waals surface area (Å²) >= 11 is 0. The number of imidazole rings is 1. The first-order chi connectivity index (χ1) is 17.5. The molecule has 0 atom stereocenters. The highest BCUT2D eigenvalue weighted by atomic mass is 32.2. The van der Waals surface area contributed by atoms with E-state index >= 15 is 0 Å². The van der Waals surface area contributed by atoms with Crippen molar-refractivity contribution in [2.45, 2.75) is 23.1 Å². The summed E-state index contributed by atoms with van der Waals surface area (Å²) in [6.07, 6.45) is 0.713. The van der Waals surface area contributed by atoms with Gasteiger partial charge in [0.1, 0.15) is 5.82 Å². The Hall–Kier alpha value is -4.22. The summed E-state index contributed by atoms with van der Waals surface area (Å²) in [6, 6.07) is 34.2. The number of benzene rings is 5. The van der Waals surface area contributed by atoms with Crippen LogP contribution >= 0.6 is 0 Å². The maximum absolute atomic E-state index is 13.7. The first-order valence-corrected chi connectivity index (χ1v) is 13.5. The molecule has 1 aliphatic rings. The minimum Gasteiger partial charge on any atom is -0.294 e. The molecule has 0 aliphatic carbocycles. The second-order valence-electron chi connectivity index (χ2n) is 9.17. The first-order valence-electron chi connectivity index (χ1n) is 12.0. The highest BCUT2D eigenvalue weighted by Gasteiger charge is 2.33. The van der Waals surface area contributed by atoms with Crippen LogP contribution < -0.4 is 0 Å².